The van der Waals surface area contributed by atoms with Crippen molar-refractivity contribution in [3.63, 3.8) is 0 Å². The van der Waals surface area contributed by atoms with Gasteiger partial charge in [0.2, 0.25) is 0 Å². The van der Waals surface area contributed by atoms with Crippen molar-refractivity contribution in [3.05, 3.63) is 161 Å². The molecular formula is C56H87N5. The smallest absolute Gasteiger partial charge is 0.123 e. The lowest BCUT2D eigenvalue weighted by molar-refractivity contribution is 0.642. The summed E-state index contributed by atoms with van der Waals surface area (Å²) in [5.41, 5.74) is 23.6. The summed E-state index contributed by atoms with van der Waals surface area (Å²) in [5.74, 6) is 6.20. The number of amidine groups is 1. The second kappa shape index (κ2) is 36.9. The van der Waals surface area contributed by atoms with Crippen LogP contribution >= 0.6 is 0 Å². The van der Waals surface area contributed by atoms with Gasteiger partial charge in [0.05, 0.1) is 0 Å². The molecule has 0 spiro atoms. The van der Waals surface area contributed by atoms with E-state index in [9.17, 15) is 0 Å². The normalized spacial score (nSPS) is 12.1. The zero-order valence-electron chi connectivity index (χ0n) is 40.3. The van der Waals surface area contributed by atoms with Gasteiger partial charge in [-0.3, -0.25) is 0 Å². The Morgan fingerprint density at radius 2 is 1.20 bits per heavy atom. The highest BCUT2D eigenvalue weighted by Gasteiger charge is 2.07. The fourth-order valence-electron chi connectivity index (χ4n) is 6.54. The van der Waals surface area contributed by atoms with Gasteiger partial charge in [-0.25, -0.2) is 0 Å². The molecule has 0 aliphatic rings. The largest absolute Gasteiger partial charge is 0.402 e. The van der Waals surface area contributed by atoms with Crippen LogP contribution in [0.2, 0.25) is 0 Å². The van der Waals surface area contributed by atoms with E-state index < -0.39 is 0 Å². The molecule has 61 heavy (non-hydrogen) atoms. The van der Waals surface area contributed by atoms with Gasteiger partial charge in [-0.15, -0.1) is 0 Å². The van der Waals surface area contributed by atoms with Gasteiger partial charge in [0.25, 0.3) is 0 Å². The van der Waals surface area contributed by atoms with Crippen LogP contribution < -0.4 is 22.6 Å². The summed E-state index contributed by atoms with van der Waals surface area (Å²) in [6.07, 6.45) is 30.1. The molecule has 0 bridgehead atoms. The van der Waals surface area contributed by atoms with Crippen molar-refractivity contribution in [2.45, 2.75) is 152 Å². The molecule has 3 aromatic rings. The third-order valence-electron chi connectivity index (χ3n) is 10.4. The highest BCUT2D eigenvalue weighted by molar-refractivity contribution is 5.82. The van der Waals surface area contributed by atoms with Gasteiger partial charge in [-0.05, 0) is 128 Å². The molecule has 0 saturated carbocycles. The predicted molar refractivity (Wildman–Crippen MR) is 277 cm³/mol. The lowest BCUT2D eigenvalue weighted by Gasteiger charge is -2.14. The van der Waals surface area contributed by atoms with Crippen LogP contribution in [0.5, 0.6) is 0 Å². The number of nitrogens with one attached hydrogen (secondary N) is 1. The monoisotopic (exact) mass is 830 g/mol. The maximum absolute atomic E-state index is 5.64. The number of hydrazone groups is 1. The molecule has 0 unspecified atom stereocenters. The number of nitrogens with two attached hydrogens (primary N) is 3. The molecule has 0 aromatic heterocycles. The molecule has 3 rings (SSSR count). The van der Waals surface area contributed by atoms with Crippen LogP contribution in [0, 0.1) is 0 Å². The van der Waals surface area contributed by atoms with Crippen LogP contribution in [-0.2, 0) is 12.8 Å². The lowest BCUT2D eigenvalue weighted by Crippen LogP contribution is -2.12. The number of hydrogen-bond donors (Lipinski definition) is 4. The van der Waals surface area contributed by atoms with Gasteiger partial charge in [-0.2, -0.15) is 5.10 Å². The first-order chi connectivity index (χ1) is 29.6. The summed E-state index contributed by atoms with van der Waals surface area (Å²) >= 11 is 0. The molecule has 7 N–H and O–H groups in total. The fourth-order valence-corrected chi connectivity index (χ4v) is 6.54. The van der Waals surface area contributed by atoms with E-state index in [2.05, 4.69) is 149 Å². The first kappa shape index (κ1) is 56.1. The average Bonchev–Trinajstić information content (AvgIpc) is 3.29. The maximum Gasteiger partial charge on any atom is 0.123 e. The van der Waals surface area contributed by atoms with E-state index in [1.165, 1.54) is 110 Å². The molecule has 0 aliphatic heterocycles. The lowest BCUT2D eigenvalue weighted by atomic mass is 9.92. The Bertz CT molecular complexity index is 1730. The summed E-state index contributed by atoms with van der Waals surface area (Å²) < 4.78 is 0. The molecule has 0 aliphatic carbocycles. The fraction of sp³-hybridized carbons (Fsp3) is 0.446. The van der Waals surface area contributed by atoms with E-state index in [1.54, 1.807) is 0 Å². The first-order valence-corrected chi connectivity index (χ1v) is 23.3. The molecule has 0 atom stereocenters. The van der Waals surface area contributed by atoms with Crippen LogP contribution in [0.25, 0.3) is 16.7 Å². The number of aryl methyl sites for hydroxylation is 2. The van der Waals surface area contributed by atoms with Crippen LogP contribution in [0.15, 0.2) is 133 Å². The zero-order chi connectivity index (χ0) is 45.7. The first-order valence-electron chi connectivity index (χ1n) is 23.3. The molecular weight excluding hydrogens is 743 g/mol. The Morgan fingerprint density at radius 1 is 0.689 bits per heavy atom. The summed E-state index contributed by atoms with van der Waals surface area (Å²) in [6, 6.07) is 26.6. The number of hydrogen-bond acceptors (Lipinski definition) is 4. The Morgan fingerprint density at radius 3 is 1.64 bits per heavy atom. The molecule has 336 valence electrons. The van der Waals surface area contributed by atoms with Crippen molar-refractivity contribution in [2.24, 2.45) is 22.4 Å². The van der Waals surface area contributed by atoms with Gasteiger partial charge in [0.15, 0.2) is 0 Å². The highest BCUT2D eigenvalue weighted by atomic mass is 15.1. The summed E-state index contributed by atoms with van der Waals surface area (Å²) in [7, 11) is 1.99. The van der Waals surface area contributed by atoms with Crippen molar-refractivity contribution in [1.29, 1.82) is 0 Å². The topological polar surface area (TPSA) is 102 Å². The third-order valence-corrected chi connectivity index (χ3v) is 10.4. The minimum absolute atomic E-state index is 0.418. The number of benzene rings is 3. The summed E-state index contributed by atoms with van der Waals surface area (Å²) in [4.78, 5) is 0. The van der Waals surface area contributed by atoms with Crippen LogP contribution in [0.4, 0.5) is 0 Å². The summed E-state index contributed by atoms with van der Waals surface area (Å²) in [5, 5.41) is 6.66. The van der Waals surface area contributed by atoms with E-state index in [-0.39, 0.29) is 0 Å². The Labute approximate surface area is 375 Å². The molecule has 5 heteroatoms. The minimum Gasteiger partial charge on any atom is -0.402 e. The quantitative estimate of drug-likeness (QED) is 0.0191. The van der Waals surface area contributed by atoms with Crippen LogP contribution in [0.3, 0.4) is 0 Å². The molecule has 3 aromatic carbocycles. The van der Waals surface area contributed by atoms with Crippen LogP contribution in [-0.4, -0.2) is 19.4 Å². The van der Waals surface area contributed by atoms with Crippen molar-refractivity contribution in [1.82, 2.24) is 5.32 Å². The van der Waals surface area contributed by atoms with E-state index >= 15 is 0 Å². The number of allylic oxidation sites excluding steroid dienone is 9. The van der Waals surface area contributed by atoms with E-state index in [1.807, 2.05) is 53.0 Å². The number of likely N-dealkylation sites (N-methyl/N-ethyl adjacent to an activating group) is 1. The van der Waals surface area contributed by atoms with Crippen LogP contribution in [0.1, 0.15) is 172 Å². The molecule has 0 saturated heterocycles. The molecule has 0 fully saturated rings. The predicted octanol–water partition coefficient (Wildman–Crippen LogP) is 14.9. The molecule has 5 nitrogen and oxygen atoms in total. The Hall–Kier alpha value is -4.87. The number of nitrogens with zero attached hydrogens (tertiary/aromatic N) is 1. The SMILES string of the molecule is C/C=C/C=C(\CNC)c1ccc(C(CC)CC)cc1.C=C(/C=C\C/C(N)=N/N)c1ccc(CCCCCC)cc1.CC.CCCCCCc1ccc(/C(C)=C/C=C(/C)N)cc1. The van der Waals surface area contributed by atoms with Crippen molar-refractivity contribution >= 4 is 22.6 Å². The van der Waals surface area contributed by atoms with Crippen molar-refractivity contribution in [3.8, 4) is 0 Å². The van der Waals surface area contributed by atoms with E-state index in [0.717, 1.165) is 29.8 Å². The van der Waals surface area contributed by atoms with Gasteiger partial charge in [-0.1, -0.05) is 196 Å². The van der Waals surface area contributed by atoms with Gasteiger partial charge >= 0.3 is 0 Å². The van der Waals surface area contributed by atoms with E-state index in [0.29, 0.717) is 18.2 Å². The maximum atomic E-state index is 5.64. The minimum atomic E-state index is 0.418. The van der Waals surface area contributed by atoms with Gasteiger partial charge in [0, 0.05) is 18.7 Å². The van der Waals surface area contributed by atoms with Crippen molar-refractivity contribution < 1.29 is 0 Å². The third kappa shape index (κ3) is 26.2. The molecule has 0 radical (unpaired) electrons. The van der Waals surface area contributed by atoms with Gasteiger partial charge < -0.3 is 22.6 Å². The Kier molecular flexibility index (Phi) is 34.0. The van der Waals surface area contributed by atoms with Gasteiger partial charge in [0.1, 0.15) is 5.84 Å². The average molecular weight is 830 g/mol. The second-order valence-electron chi connectivity index (χ2n) is 15.4. The van der Waals surface area contributed by atoms with E-state index in [4.69, 9.17) is 17.3 Å². The van der Waals surface area contributed by atoms with Crippen molar-refractivity contribution in [2.75, 3.05) is 13.6 Å². The Balaban J connectivity index is 0.000000868. The summed E-state index contributed by atoms with van der Waals surface area (Å²) in [6.45, 7) is 24.1. The second-order valence-corrected chi connectivity index (χ2v) is 15.4. The highest BCUT2D eigenvalue weighted by Crippen LogP contribution is 2.25. The molecule has 0 amide bonds. The molecule has 0 heterocycles. The standard InChI is InChI=1S/C18H27N3.2C18H27N.C2H6/c1-3-4-5-6-9-16-11-13-17(14-12-16)15(2)8-7-10-18(19)21-20;1-5-8-9-18(14-19-4)17-12-10-16(11-13-17)15(6-2)7-3;1-4-5-6-7-8-17-11-13-18(14-12-17)15(2)9-10-16(3)19;1-2/h7-8,11-14H,2-6,9-10,20H2,1H3,(H2,19,21);5,8-13,15,19H,6-7,14H2,1-4H3;9-14H,4-8,19H2,1-3H3;1-2H3/b8-7-;8-5+,18-9+;15-9+,16-10-;. The number of rotatable bonds is 23. The zero-order valence-corrected chi connectivity index (χ0v) is 40.3. The number of unbranched alkanes of at least 4 members (excludes halogenated alkanes) is 6.